The zero-order valence-electron chi connectivity index (χ0n) is 22.0. The van der Waals surface area contributed by atoms with Crippen molar-refractivity contribution in [1.29, 1.82) is 0 Å². The molecular formula is C27H39N3O3S3. The number of hydrogen-bond acceptors (Lipinski definition) is 6. The molecule has 3 N–H and O–H groups in total. The number of nitrogens with one attached hydrogen (secondary N) is 2. The van der Waals surface area contributed by atoms with Crippen molar-refractivity contribution in [2.45, 2.75) is 95.2 Å². The van der Waals surface area contributed by atoms with Crippen molar-refractivity contribution in [1.82, 2.24) is 15.0 Å². The van der Waals surface area contributed by atoms with Crippen LogP contribution in [-0.4, -0.2) is 43.3 Å². The van der Waals surface area contributed by atoms with Crippen LogP contribution in [0.5, 0.6) is 0 Å². The Kier molecular flexibility index (Phi) is 8.66. The molecule has 1 atom stereocenters. The van der Waals surface area contributed by atoms with E-state index in [0.29, 0.717) is 21.4 Å². The molecule has 1 saturated heterocycles. The van der Waals surface area contributed by atoms with Gasteiger partial charge in [0.15, 0.2) is 5.01 Å². The quantitative estimate of drug-likeness (QED) is 0.409. The van der Waals surface area contributed by atoms with Crippen LogP contribution >= 0.6 is 23.1 Å². The van der Waals surface area contributed by atoms with Crippen LogP contribution < -0.4 is 10.0 Å². The molecule has 9 heteroatoms. The Labute approximate surface area is 226 Å². The van der Waals surface area contributed by atoms with Crippen molar-refractivity contribution in [3.63, 3.8) is 0 Å². The monoisotopic (exact) mass is 549 g/mol. The molecule has 1 aliphatic carbocycles. The van der Waals surface area contributed by atoms with E-state index in [2.05, 4.69) is 10.0 Å². The fraction of sp³-hybridized carbons (Fsp3) is 0.630. The second-order valence-electron chi connectivity index (χ2n) is 11.6. The summed E-state index contributed by atoms with van der Waals surface area (Å²) in [5.74, 6) is 2.38. The Hall–Kier alpha value is -1.26. The number of aromatic nitrogens is 1. The van der Waals surface area contributed by atoms with Gasteiger partial charge in [-0.15, -0.1) is 11.3 Å². The fourth-order valence-electron chi connectivity index (χ4n) is 4.69. The van der Waals surface area contributed by atoms with Gasteiger partial charge in [-0.3, -0.25) is 4.79 Å². The molecule has 0 spiro atoms. The maximum Gasteiger partial charge on any atom is 0.280 e. The van der Waals surface area contributed by atoms with E-state index in [4.69, 9.17) is 4.98 Å². The number of aliphatic hydroxyl groups is 1. The molecule has 1 amide bonds. The van der Waals surface area contributed by atoms with Crippen LogP contribution in [0.3, 0.4) is 0 Å². The van der Waals surface area contributed by atoms with Crippen molar-refractivity contribution in [2.75, 3.05) is 11.5 Å². The van der Waals surface area contributed by atoms with E-state index < -0.39 is 16.6 Å². The number of benzene rings is 1. The molecule has 0 radical (unpaired) electrons. The normalized spacial score (nSPS) is 18.6. The van der Waals surface area contributed by atoms with Gasteiger partial charge in [0.2, 0.25) is 0 Å². The van der Waals surface area contributed by atoms with Crippen molar-refractivity contribution < 1.29 is 14.1 Å². The molecule has 36 heavy (non-hydrogen) atoms. The lowest BCUT2D eigenvalue weighted by Gasteiger charge is -2.25. The third-order valence-electron chi connectivity index (χ3n) is 6.57. The number of carbonyl (C=O) groups is 1. The average Bonchev–Trinajstić information content (AvgIpc) is 3.18. The van der Waals surface area contributed by atoms with E-state index in [9.17, 15) is 14.1 Å². The molecule has 2 aliphatic rings. The maximum atomic E-state index is 13.2. The number of amides is 1. The van der Waals surface area contributed by atoms with Crippen LogP contribution in [0.4, 0.5) is 0 Å². The molecule has 1 aromatic heterocycles. The molecule has 1 aliphatic heterocycles. The van der Waals surface area contributed by atoms with Crippen LogP contribution in [-0.2, 0) is 23.0 Å². The summed E-state index contributed by atoms with van der Waals surface area (Å²) in [5.41, 5.74) is 0.960. The second-order valence-corrected chi connectivity index (χ2v) is 14.9. The minimum atomic E-state index is -1.48. The molecule has 0 bridgehead atoms. The zero-order chi connectivity index (χ0) is 26.1. The maximum absolute atomic E-state index is 13.2. The highest BCUT2D eigenvalue weighted by Gasteiger charge is 2.29. The summed E-state index contributed by atoms with van der Waals surface area (Å²) in [6.45, 7) is 9.33. The van der Waals surface area contributed by atoms with E-state index >= 15 is 0 Å². The van der Waals surface area contributed by atoms with Gasteiger partial charge < -0.3 is 10.4 Å². The molecular weight excluding hydrogens is 511 g/mol. The van der Waals surface area contributed by atoms with Gasteiger partial charge in [0, 0.05) is 28.6 Å². The average molecular weight is 550 g/mol. The minimum Gasteiger partial charge on any atom is -0.386 e. The predicted molar refractivity (Wildman–Crippen MR) is 151 cm³/mol. The minimum absolute atomic E-state index is 0.101. The lowest BCUT2D eigenvalue weighted by molar-refractivity contribution is 0.0756. The Balaban J connectivity index is 1.71. The summed E-state index contributed by atoms with van der Waals surface area (Å²) >= 11 is 3.26. The van der Waals surface area contributed by atoms with E-state index in [1.807, 2.05) is 50.7 Å². The van der Waals surface area contributed by atoms with Gasteiger partial charge in [-0.2, -0.15) is 11.8 Å². The molecule has 2 heterocycles. The van der Waals surface area contributed by atoms with Gasteiger partial charge in [0.05, 0.1) is 21.1 Å². The highest BCUT2D eigenvalue weighted by molar-refractivity contribution is 8.00. The Morgan fingerprint density at radius 3 is 2.42 bits per heavy atom. The SMILES string of the molecule is CC(C)(C)NS(=O)c1ccc(-c2sc(C(=O)NC3CSC3)nc2CC2CCCCC2)cc1C(C)(C)O. The summed E-state index contributed by atoms with van der Waals surface area (Å²) in [5, 5.41) is 14.6. The third kappa shape index (κ3) is 6.98. The van der Waals surface area contributed by atoms with Crippen LogP contribution in [0.15, 0.2) is 23.1 Å². The van der Waals surface area contributed by atoms with Gasteiger partial charge in [-0.1, -0.05) is 38.2 Å². The van der Waals surface area contributed by atoms with Crippen molar-refractivity contribution in [3.05, 3.63) is 34.5 Å². The van der Waals surface area contributed by atoms with E-state index in [1.165, 1.54) is 43.4 Å². The van der Waals surface area contributed by atoms with E-state index in [1.54, 1.807) is 13.8 Å². The predicted octanol–water partition coefficient (Wildman–Crippen LogP) is 5.42. The Morgan fingerprint density at radius 2 is 1.83 bits per heavy atom. The topological polar surface area (TPSA) is 91.3 Å². The summed E-state index contributed by atoms with van der Waals surface area (Å²) in [4.78, 5) is 19.4. The Bertz CT molecular complexity index is 1110. The van der Waals surface area contributed by atoms with Crippen LogP contribution in [0.2, 0.25) is 0 Å². The molecule has 2 aromatic rings. The first-order valence-corrected chi connectivity index (χ1v) is 16.0. The van der Waals surface area contributed by atoms with Gasteiger partial charge >= 0.3 is 0 Å². The Morgan fingerprint density at radius 1 is 1.14 bits per heavy atom. The number of thiazole rings is 1. The summed E-state index contributed by atoms with van der Waals surface area (Å²) < 4.78 is 16.3. The molecule has 1 aromatic carbocycles. The first kappa shape index (κ1) is 27.8. The standard InChI is InChI=1S/C27H39N3O3S3/c1-26(2,3)30-36(33)22-12-11-18(14-20(22)27(4,5)32)23-21(13-17-9-7-6-8-10-17)29-25(35-23)24(31)28-19-15-34-16-19/h11-12,14,17,19,30,32H,6-10,13,15-16H2,1-5H3,(H,28,31). The van der Waals surface area contributed by atoms with Crippen LogP contribution in [0.25, 0.3) is 10.4 Å². The number of carbonyl (C=O) groups excluding carboxylic acids is 1. The molecule has 1 saturated carbocycles. The van der Waals surface area contributed by atoms with Crippen LogP contribution in [0, 0.1) is 5.92 Å². The van der Waals surface area contributed by atoms with Gasteiger partial charge in [-0.25, -0.2) is 13.9 Å². The lowest BCUT2D eigenvalue weighted by atomic mass is 9.85. The highest BCUT2D eigenvalue weighted by Crippen LogP contribution is 2.38. The van der Waals surface area contributed by atoms with Crippen LogP contribution in [0.1, 0.15) is 87.8 Å². The fourth-order valence-corrected chi connectivity index (χ4v) is 7.68. The van der Waals surface area contributed by atoms with Gasteiger partial charge in [-0.05, 0) is 64.7 Å². The lowest BCUT2D eigenvalue weighted by Crippen LogP contribution is -2.43. The summed E-state index contributed by atoms with van der Waals surface area (Å²) in [6, 6.07) is 5.95. The van der Waals surface area contributed by atoms with Crippen molar-refractivity contribution in [2.24, 2.45) is 5.92 Å². The van der Waals surface area contributed by atoms with Gasteiger partial charge in [0.25, 0.3) is 5.91 Å². The first-order valence-electron chi connectivity index (χ1n) is 12.9. The molecule has 4 rings (SSSR count). The number of hydrogen-bond donors (Lipinski definition) is 3. The second kappa shape index (κ2) is 11.2. The van der Waals surface area contributed by atoms with E-state index in [0.717, 1.165) is 34.1 Å². The van der Waals surface area contributed by atoms with Crippen molar-refractivity contribution >= 4 is 40.0 Å². The molecule has 1 unspecified atom stereocenters. The van der Waals surface area contributed by atoms with E-state index in [-0.39, 0.29) is 17.5 Å². The molecule has 6 nitrogen and oxygen atoms in total. The van der Waals surface area contributed by atoms with Crippen molar-refractivity contribution in [3.8, 4) is 10.4 Å². The third-order valence-corrected chi connectivity index (χ3v) is 10.5. The number of nitrogens with zero attached hydrogens (tertiary/aromatic N) is 1. The number of rotatable bonds is 8. The first-order chi connectivity index (χ1) is 16.9. The number of thioether (sulfide) groups is 1. The van der Waals surface area contributed by atoms with Gasteiger partial charge in [0.1, 0.15) is 11.0 Å². The smallest absolute Gasteiger partial charge is 0.280 e. The highest BCUT2D eigenvalue weighted by atomic mass is 32.2. The molecule has 2 fully saturated rings. The zero-order valence-corrected chi connectivity index (χ0v) is 24.4. The largest absolute Gasteiger partial charge is 0.386 e. The summed E-state index contributed by atoms with van der Waals surface area (Å²) in [6.07, 6.45) is 7.05. The molecule has 198 valence electrons. The summed E-state index contributed by atoms with van der Waals surface area (Å²) in [7, 11) is -1.48.